The van der Waals surface area contributed by atoms with Crippen molar-refractivity contribution >= 4 is 41.8 Å². The van der Waals surface area contributed by atoms with Crippen LogP contribution < -0.4 is 5.73 Å². The van der Waals surface area contributed by atoms with Gasteiger partial charge in [-0.1, -0.05) is 13.8 Å². The third kappa shape index (κ3) is 4.32. The lowest BCUT2D eigenvalue weighted by molar-refractivity contribution is 0.0742. The molecule has 0 saturated carbocycles. The summed E-state index contributed by atoms with van der Waals surface area (Å²) < 4.78 is 13.6. The molecule has 3 N–H and O–H groups in total. The Morgan fingerprint density at radius 2 is 2.05 bits per heavy atom. The maximum absolute atomic E-state index is 13.6. The summed E-state index contributed by atoms with van der Waals surface area (Å²) in [5.74, 6) is -0.722. The number of aromatic amines is 1. The third-order valence-corrected chi connectivity index (χ3v) is 3.28. The lowest BCUT2D eigenvalue weighted by atomic mass is 9.93. The van der Waals surface area contributed by atoms with E-state index in [9.17, 15) is 9.18 Å². The Morgan fingerprint density at radius 1 is 1.41 bits per heavy atom. The van der Waals surface area contributed by atoms with Gasteiger partial charge in [-0.15, -0.1) is 24.8 Å². The van der Waals surface area contributed by atoms with Gasteiger partial charge in [-0.2, -0.15) is 0 Å². The predicted octanol–water partition coefficient (Wildman–Crippen LogP) is 2.60. The number of hydrogen-bond acceptors (Lipinski definition) is 3. The number of carbonyl (C=O) groups is 1. The summed E-state index contributed by atoms with van der Waals surface area (Å²) >= 11 is 0. The van der Waals surface area contributed by atoms with Crippen LogP contribution in [-0.2, 0) is 0 Å². The number of fused-ring (bicyclic) bond motifs is 1. The Morgan fingerprint density at radius 3 is 2.64 bits per heavy atom. The van der Waals surface area contributed by atoms with E-state index in [-0.39, 0.29) is 41.7 Å². The maximum Gasteiger partial charge on any atom is 0.255 e. The van der Waals surface area contributed by atoms with E-state index in [4.69, 9.17) is 5.73 Å². The second-order valence-corrected chi connectivity index (χ2v) is 5.78. The van der Waals surface area contributed by atoms with Crippen molar-refractivity contribution in [1.29, 1.82) is 0 Å². The number of nitrogens with two attached hydrogens (primary N) is 1. The number of nitrogens with zero attached hydrogens (tertiary/aromatic N) is 2. The number of nitrogens with one attached hydrogen (secondary N) is 1. The molecule has 0 spiro atoms. The molecule has 1 aromatic heterocycles. The molecule has 0 fully saturated rings. The molecule has 22 heavy (non-hydrogen) atoms. The van der Waals surface area contributed by atoms with E-state index in [1.807, 2.05) is 13.8 Å². The summed E-state index contributed by atoms with van der Waals surface area (Å²) in [6.45, 7) is 4.91. The van der Waals surface area contributed by atoms with Crippen LogP contribution >= 0.6 is 24.8 Å². The molecule has 0 unspecified atom stereocenters. The van der Waals surface area contributed by atoms with Crippen molar-refractivity contribution in [3.63, 3.8) is 0 Å². The average Bonchev–Trinajstić information content (AvgIpc) is 2.84. The molecule has 0 bridgehead atoms. The largest absolute Gasteiger partial charge is 0.344 e. The highest BCUT2D eigenvalue weighted by Crippen LogP contribution is 2.21. The molecule has 0 radical (unpaired) electrons. The monoisotopic (exact) mass is 350 g/mol. The highest BCUT2D eigenvalue weighted by Gasteiger charge is 2.24. The van der Waals surface area contributed by atoms with Crippen molar-refractivity contribution in [3.8, 4) is 0 Å². The molecular weight excluding hydrogens is 330 g/mol. The Kier molecular flexibility index (Phi) is 7.28. The molecule has 2 aromatic rings. The van der Waals surface area contributed by atoms with Gasteiger partial charge in [0, 0.05) is 13.6 Å². The lowest BCUT2D eigenvalue weighted by Crippen LogP contribution is -2.39. The second kappa shape index (κ2) is 7.76. The van der Waals surface area contributed by atoms with Crippen molar-refractivity contribution in [3.05, 3.63) is 29.8 Å². The lowest BCUT2D eigenvalue weighted by Gasteiger charge is -2.29. The second-order valence-electron chi connectivity index (χ2n) is 5.78. The summed E-state index contributed by atoms with van der Waals surface area (Å²) in [6.07, 6.45) is 1.45. The standard InChI is InChI=1S/C14H19FN4O.2ClH/c1-14(2,6-16)7-19(3)13(20)10-4-9(15)5-11-12(10)18-8-17-11;;/h4-5,8H,6-7,16H2,1-3H3,(H,17,18);2*1H. The van der Waals surface area contributed by atoms with Crippen molar-refractivity contribution in [2.45, 2.75) is 13.8 Å². The average molecular weight is 351 g/mol. The van der Waals surface area contributed by atoms with E-state index >= 15 is 0 Å². The first-order chi connectivity index (χ1) is 9.34. The smallest absolute Gasteiger partial charge is 0.255 e. The van der Waals surface area contributed by atoms with E-state index in [2.05, 4.69) is 9.97 Å². The van der Waals surface area contributed by atoms with Crippen LogP contribution in [0.4, 0.5) is 4.39 Å². The van der Waals surface area contributed by atoms with Gasteiger partial charge in [0.2, 0.25) is 0 Å². The van der Waals surface area contributed by atoms with Gasteiger partial charge in [-0.3, -0.25) is 4.79 Å². The number of benzene rings is 1. The van der Waals surface area contributed by atoms with E-state index in [0.717, 1.165) is 0 Å². The van der Waals surface area contributed by atoms with Crippen molar-refractivity contribution in [2.24, 2.45) is 11.1 Å². The molecule has 0 saturated heterocycles. The number of H-pyrrole nitrogens is 1. The fourth-order valence-electron chi connectivity index (χ4n) is 2.16. The summed E-state index contributed by atoms with van der Waals surface area (Å²) in [6, 6.07) is 2.54. The van der Waals surface area contributed by atoms with Crippen LogP contribution in [-0.4, -0.2) is 40.9 Å². The summed E-state index contributed by atoms with van der Waals surface area (Å²) in [7, 11) is 1.68. The Bertz CT molecular complexity index is 645. The van der Waals surface area contributed by atoms with E-state index < -0.39 is 5.82 Å². The molecule has 0 atom stereocenters. The van der Waals surface area contributed by atoms with Crippen molar-refractivity contribution < 1.29 is 9.18 Å². The molecule has 0 aliphatic heterocycles. The van der Waals surface area contributed by atoms with Crippen LogP contribution in [0, 0.1) is 11.2 Å². The normalized spacial score (nSPS) is 10.8. The Labute approximate surface area is 141 Å². The number of amides is 1. The van der Waals surface area contributed by atoms with Crippen molar-refractivity contribution in [1.82, 2.24) is 14.9 Å². The number of aromatic nitrogens is 2. The zero-order chi connectivity index (χ0) is 14.9. The van der Waals surface area contributed by atoms with Gasteiger partial charge in [-0.25, -0.2) is 9.37 Å². The summed E-state index contributed by atoms with van der Waals surface area (Å²) in [5, 5.41) is 0. The first-order valence-electron chi connectivity index (χ1n) is 6.42. The quantitative estimate of drug-likeness (QED) is 0.889. The zero-order valence-corrected chi connectivity index (χ0v) is 14.4. The minimum atomic E-state index is -0.461. The van der Waals surface area contributed by atoms with Gasteiger partial charge in [-0.05, 0) is 24.1 Å². The number of carbonyl (C=O) groups excluding carboxylic acids is 1. The minimum absolute atomic E-state index is 0. The predicted molar refractivity (Wildman–Crippen MR) is 90.3 cm³/mol. The summed E-state index contributed by atoms with van der Waals surface area (Å²) in [4.78, 5) is 20.9. The molecule has 1 heterocycles. The first-order valence-corrected chi connectivity index (χ1v) is 6.42. The summed E-state index contributed by atoms with van der Waals surface area (Å²) in [5.41, 5.74) is 6.74. The van der Waals surface area contributed by atoms with Crippen LogP contribution in [0.25, 0.3) is 11.0 Å². The SMILES string of the molecule is CN(CC(C)(C)CN)C(=O)c1cc(F)cc2[nH]cnc12.Cl.Cl. The van der Waals surface area contributed by atoms with E-state index in [0.29, 0.717) is 24.1 Å². The van der Waals surface area contributed by atoms with Crippen LogP contribution in [0.2, 0.25) is 0 Å². The number of rotatable bonds is 4. The zero-order valence-electron chi connectivity index (χ0n) is 12.7. The minimum Gasteiger partial charge on any atom is -0.344 e. The van der Waals surface area contributed by atoms with Gasteiger partial charge < -0.3 is 15.6 Å². The van der Waals surface area contributed by atoms with E-state index in [1.165, 1.54) is 18.5 Å². The maximum atomic E-state index is 13.6. The topological polar surface area (TPSA) is 75.0 Å². The first kappa shape index (κ1) is 20.6. The molecule has 1 aromatic carbocycles. The molecule has 0 aliphatic rings. The Hall–Kier alpha value is -1.37. The molecule has 5 nitrogen and oxygen atoms in total. The van der Waals surface area contributed by atoms with Gasteiger partial charge in [0.15, 0.2) is 0 Å². The van der Waals surface area contributed by atoms with Crippen molar-refractivity contribution in [2.75, 3.05) is 20.1 Å². The molecule has 1 amide bonds. The molecule has 124 valence electrons. The van der Waals surface area contributed by atoms with Gasteiger partial charge in [0.1, 0.15) is 11.3 Å². The fourth-order valence-corrected chi connectivity index (χ4v) is 2.16. The van der Waals surface area contributed by atoms with Crippen LogP contribution in [0.1, 0.15) is 24.2 Å². The molecule has 8 heteroatoms. The van der Waals surface area contributed by atoms with Gasteiger partial charge in [0.25, 0.3) is 5.91 Å². The fraction of sp³-hybridized carbons (Fsp3) is 0.429. The van der Waals surface area contributed by atoms with Gasteiger partial charge in [0.05, 0.1) is 17.4 Å². The Balaban J connectivity index is 0.00000220. The molecular formula is C14H21Cl2FN4O. The molecule has 2 rings (SSSR count). The third-order valence-electron chi connectivity index (χ3n) is 3.28. The van der Waals surface area contributed by atoms with Crippen LogP contribution in [0.15, 0.2) is 18.5 Å². The van der Waals surface area contributed by atoms with Crippen LogP contribution in [0.5, 0.6) is 0 Å². The number of imidazole rings is 1. The molecule has 0 aliphatic carbocycles. The highest BCUT2D eigenvalue weighted by molar-refractivity contribution is 6.04. The number of halogens is 3. The highest BCUT2D eigenvalue weighted by atomic mass is 35.5. The van der Waals surface area contributed by atoms with Crippen LogP contribution in [0.3, 0.4) is 0 Å². The van der Waals surface area contributed by atoms with E-state index in [1.54, 1.807) is 11.9 Å². The number of hydrogen-bond donors (Lipinski definition) is 2. The van der Waals surface area contributed by atoms with Gasteiger partial charge >= 0.3 is 0 Å².